The third-order valence-electron chi connectivity index (χ3n) is 3.46. The molecule has 0 aliphatic rings. The molecule has 148 valence electrons. The Bertz CT molecular complexity index is 885. The van der Waals surface area contributed by atoms with Crippen molar-refractivity contribution in [3.63, 3.8) is 0 Å². The van der Waals surface area contributed by atoms with Gasteiger partial charge in [0.05, 0.1) is 19.1 Å². The number of amides is 1. The van der Waals surface area contributed by atoms with Crippen molar-refractivity contribution in [2.75, 3.05) is 28.7 Å². The number of sulfonamides is 1. The number of hydrogen-bond donors (Lipinski definition) is 1. The van der Waals surface area contributed by atoms with Gasteiger partial charge in [0.1, 0.15) is 11.8 Å². The summed E-state index contributed by atoms with van der Waals surface area (Å²) in [6, 6.07) is 5.56. The Hall–Kier alpha value is -1.85. The van der Waals surface area contributed by atoms with Gasteiger partial charge in [0.25, 0.3) is 0 Å². The molecule has 0 unspecified atom stereocenters. The molecular formula is C16H22N4O4S3. The van der Waals surface area contributed by atoms with Crippen LogP contribution in [0.3, 0.4) is 0 Å². The maximum Gasteiger partial charge on any atom is 0.249 e. The van der Waals surface area contributed by atoms with E-state index in [4.69, 9.17) is 4.74 Å². The van der Waals surface area contributed by atoms with Crippen LogP contribution in [0.5, 0.6) is 5.75 Å². The number of rotatable bonds is 9. The monoisotopic (exact) mass is 430 g/mol. The Morgan fingerprint density at radius 1 is 1.41 bits per heavy atom. The molecule has 0 aliphatic heterocycles. The highest BCUT2D eigenvalue weighted by Gasteiger charge is 2.30. The second kappa shape index (κ2) is 9.38. The molecule has 11 heteroatoms. The molecule has 8 nitrogen and oxygen atoms in total. The first-order chi connectivity index (χ1) is 12.8. The quantitative estimate of drug-likeness (QED) is 0.482. The van der Waals surface area contributed by atoms with Crippen molar-refractivity contribution >= 4 is 49.8 Å². The summed E-state index contributed by atoms with van der Waals surface area (Å²) in [6.45, 7) is 3.58. The summed E-state index contributed by atoms with van der Waals surface area (Å²) >= 11 is 2.82. The van der Waals surface area contributed by atoms with Crippen LogP contribution in [0, 0.1) is 0 Å². The van der Waals surface area contributed by atoms with E-state index in [1.165, 1.54) is 25.4 Å². The topological polar surface area (TPSA) is 101 Å². The van der Waals surface area contributed by atoms with E-state index < -0.39 is 22.0 Å². The Balaban J connectivity index is 2.20. The summed E-state index contributed by atoms with van der Waals surface area (Å²) in [5, 5.41) is 10.9. The highest BCUT2D eigenvalue weighted by Crippen LogP contribution is 2.28. The van der Waals surface area contributed by atoms with Gasteiger partial charge in [-0.05, 0) is 25.5 Å². The van der Waals surface area contributed by atoms with E-state index in [1.54, 1.807) is 36.0 Å². The van der Waals surface area contributed by atoms with Gasteiger partial charge in [0, 0.05) is 11.8 Å². The normalized spacial score (nSPS) is 12.4. The molecule has 0 radical (unpaired) electrons. The number of nitrogens with zero attached hydrogens (tertiary/aromatic N) is 3. The van der Waals surface area contributed by atoms with Crippen LogP contribution in [-0.2, 0) is 14.8 Å². The Labute approximate surface area is 167 Å². The molecule has 1 aromatic heterocycles. The summed E-state index contributed by atoms with van der Waals surface area (Å²) < 4.78 is 31.6. The molecule has 0 fully saturated rings. The number of ether oxygens (including phenoxy) is 1. The van der Waals surface area contributed by atoms with Gasteiger partial charge in [-0.3, -0.25) is 14.4 Å². The Morgan fingerprint density at radius 2 is 2.15 bits per heavy atom. The van der Waals surface area contributed by atoms with Crippen LogP contribution in [0.2, 0.25) is 0 Å². The molecule has 1 atom stereocenters. The third-order valence-corrected chi connectivity index (χ3v) is 6.88. The zero-order valence-electron chi connectivity index (χ0n) is 15.5. The molecule has 0 bridgehead atoms. The summed E-state index contributed by atoms with van der Waals surface area (Å²) in [5.74, 6) is 0.915. The number of aromatic nitrogens is 2. The fourth-order valence-electron chi connectivity index (χ4n) is 2.27. The highest BCUT2D eigenvalue weighted by molar-refractivity contribution is 8.01. The van der Waals surface area contributed by atoms with E-state index >= 15 is 0 Å². The van der Waals surface area contributed by atoms with Crippen molar-refractivity contribution in [2.24, 2.45) is 0 Å². The number of nitrogens with one attached hydrogen (secondary N) is 1. The molecule has 0 aliphatic carbocycles. The van der Waals surface area contributed by atoms with E-state index in [0.717, 1.165) is 27.1 Å². The number of carbonyl (C=O) groups excluding carboxylic acids is 1. The van der Waals surface area contributed by atoms with Crippen molar-refractivity contribution in [3.05, 3.63) is 24.3 Å². The predicted octanol–water partition coefficient (Wildman–Crippen LogP) is 2.84. The van der Waals surface area contributed by atoms with Crippen LogP contribution < -0.4 is 14.4 Å². The fraction of sp³-hybridized carbons (Fsp3) is 0.438. The van der Waals surface area contributed by atoms with Crippen molar-refractivity contribution in [3.8, 4) is 5.75 Å². The minimum atomic E-state index is -3.71. The lowest BCUT2D eigenvalue weighted by atomic mass is 10.2. The summed E-state index contributed by atoms with van der Waals surface area (Å²) in [6.07, 6.45) is 2.06. The minimum absolute atomic E-state index is 0.338. The number of anilines is 2. The van der Waals surface area contributed by atoms with Gasteiger partial charge in [-0.25, -0.2) is 8.42 Å². The van der Waals surface area contributed by atoms with Crippen LogP contribution in [0.4, 0.5) is 10.8 Å². The zero-order valence-corrected chi connectivity index (χ0v) is 17.9. The Morgan fingerprint density at radius 3 is 2.78 bits per heavy atom. The largest absolute Gasteiger partial charge is 0.497 e. The second-order valence-electron chi connectivity index (χ2n) is 5.65. The lowest BCUT2D eigenvalue weighted by Gasteiger charge is -2.28. The van der Waals surface area contributed by atoms with Crippen LogP contribution in [-0.4, -0.2) is 49.7 Å². The second-order valence-corrected chi connectivity index (χ2v) is 9.83. The fourth-order valence-corrected chi connectivity index (χ4v) is 5.12. The molecule has 1 aromatic carbocycles. The lowest BCUT2D eigenvalue weighted by Crippen LogP contribution is -2.45. The van der Waals surface area contributed by atoms with Gasteiger partial charge in [-0.2, -0.15) is 0 Å². The average molecular weight is 431 g/mol. The summed E-state index contributed by atoms with van der Waals surface area (Å²) in [5.41, 5.74) is 0.343. The summed E-state index contributed by atoms with van der Waals surface area (Å²) in [7, 11) is -2.22. The smallest absolute Gasteiger partial charge is 0.249 e. The molecule has 2 rings (SSSR count). The number of methoxy groups -OCH3 is 1. The third kappa shape index (κ3) is 5.81. The van der Waals surface area contributed by atoms with Crippen LogP contribution in [0.25, 0.3) is 0 Å². The molecule has 1 heterocycles. The van der Waals surface area contributed by atoms with Gasteiger partial charge in [0.15, 0.2) is 4.34 Å². The van der Waals surface area contributed by atoms with Crippen LogP contribution in [0.1, 0.15) is 20.3 Å². The lowest BCUT2D eigenvalue weighted by molar-refractivity contribution is -0.116. The van der Waals surface area contributed by atoms with E-state index in [0.29, 0.717) is 16.6 Å². The van der Waals surface area contributed by atoms with E-state index in [9.17, 15) is 13.2 Å². The van der Waals surface area contributed by atoms with Gasteiger partial charge in [-0.1, -0.05) is 36.1 Å². The molecule has 27 heavy (non-hydrogen) atoms. The molecular weight excluding hydrogens is 408 g/mol. The van der Waals surface area contributed by atoms with E-state index in [1.807, 2.05) is 0 Å². The molecule has 2 aromatic rings. The van der Waals surface area contributed by atoms with Gasteiger partial charge >= 0.3 is 0 Å². The first-order valence-electron chi connectivity index (χ1n) is 8.17. The van der Waals surface area contributed by atoms with E-state index in [2.05, 4.69) is 22.4 Å². The number of thioether (sulfide) groups is 1. The SMILES string of the molecule is CCCSc1nnc(NC(=O)[C@@H](C)N(c2cccc(OC)c2)S(C)(=O)=O)s1. The number of carbonyl (C=O) groups is 1. The van der Waals surface area contributed by atoms with Crippen molar-refractivity contribution in [1.82, 2.24) is 10.2 Å². The first kappa shape index (κ1) is 21.5. The summed E-state index contributed by atoms with van der Waals surface area (Å²) in [4.78, 5) is 12.6. The van der Waals surface area contributed by atoms with Crippen LogP contribution in [0.15, 0.2) is 28.6 Å². The van der Waals surface area contributed by atoms with Crippen LogP contribution >= 0.6 is 23.1 Å². The maximum absolute atomic E-state index is 12.6. The molecule has 0 saturated carbocycles. The van der Waals surface area contributed by atoms with Crippen molar-refractivity contribution in [1.29, 1.82) is 0 Å². The standard InChI is InChI=1S/C16H22N4O4S3/c1-5-9-25-16-19-18-15(26-16)17-14(21)11(2)20(27(4,22)23)12-7-6-8-13(10-12)24-3/h6-8,10-11H,5,9H2,1-4H3,(H,17,18,21)/t11-/m1/s1. The van der Waals surface area contributed by atoms with E-state index in [-0.39, 0.29) is 0 Å². The molecule has 1 amide bonds. The first-order valence-corrected chi connectivity index (χ1v) is 11.8. The van der Waals surface area contributed by atoms with Gasteiger partial charge in [0.2, 0.25) is 21.1 Å². The van der Waals surface area contributed by atoms with Gasteiger partial charge < -0.3 is 4.74 Å². The number of benzene rings is 1. The highest BCUT2D eigenvalue weighted by atomic mass is 32.2. The average Bonchev–Trinajstić information content (AvgIpc) is 3.06. The molecule has 0 saturated heterocycles. The Kier molecular flexibility index (Phi) is 7.45. The van der Waals surface area contributed by atoms with Crippen molar-refractivity contribution < 1.29 is 17.9 Å². The predicted molar refractivity (Wildman–Crippen MR) is 109 cm³/mol. The minimum Gasteiger partial charge on any atom is -0.497 e. The zero-order chi connectivity index (χ0) is 20.0. The van der Waals surface area contributed by atoms with Crippen molar-refractivity contribution in [2.45, 2.75) is 30.6 Å². The molecule has 1 N–H and O–H groups in total. The molecule has 0 spiro atoms. The maximum atomic E-state index is 12.6. The van der Waals surface area contributed by atoms with Gasteiger partial charge in [-0.15, -0.1) is 10.2 Å². The number of hydrogen-bond acceptors (Lipinski definition) is 8.